The number of para-hydroxylation sites is 1. The van der Waals surface area contributed by atoms with Crippen LogP contribution in [0.4, 0.5) is 0 Å². The highest BCUT2D eigenvalue weighted by atomic mass is 16.5. The van der Waals surface area contributed by atoms with Gasteiger partial charge < -0.3 is 29.1 Å². The fourth-order valence-corrected chi connectivity index (χ4v) is 4.58. The smallest absolute Gasteiger partial charge is 0.295 e. The first-order valence-electron chi connectivity index (χ1n) is 12.1. The lowest BCUT2D eigenvalue weighted by Gasteiger charge is -2.30. The van der Waals surface area contributed by atoms with Crippen LogP contribution < -0.4 is 19.5 Å². The van der Waals surface area contributed by atoms with E-state index in [1.807, 2.05) is 19.1 Å². The predicted molar refractivity (Wildman–Crippen MR) is 128 cm³/mol. The average molecular weight is 481 g/mol. The van der Waals surface area contributed by atoms with Gasteiger partial charge in [0.2, 0.25) is 5.78 Å². The van der Waals surface area contributed by atoms with Crippen LogP contribution in [0.5, 0.6) is 11.5 Å². The minimum atomic E-state index is -0.810. The Balaban J connectivity index is 1.72. The van der Waals surface area contributed by atoms with Crippen LogP contribution in [0.1, 0.15) is 30.5 Å². The van der Waals surface area contributed by atoms with Crippen LogP contribution in [0.25, 0.3) is 5.76 Å². The van der Waals surface area contributed by atoms with E-state index in [2.05, 4.69) is 0 Å². The van der Waals surface area contributed by atoms with Gasteiger partial charge in [0.05, 0.1) is 46.1 Å². The van der Waals surface area contributed by atoms with Crippen LogP contribution in [-0.4, -0.2) is 69.7 Å². The van der Waals surface area contributed by atoms with E-state index in [1.54, 1.807) is 36.4 Å². The fourth-order valence-electron chi connectivity index (χ4n) is 4.58. The molecule has 0 bridgehead atoms. The number of ketones is 1. The minimum absolute atomic E-state index is 0.0429. The number of Topliss-reactive ketones (excluding diaryl/α,β-unsaturated/α-hetero) is 1. The van der Waals surface area contributed by atoms with Crippen molar-refractivity contribution in [2.75, 3.05) is 53.1 Å². The van der Waals surface area contributed by atoms with Crippen LogP contribution in [-0.2, 0) is 14.3 Å². The van der Waals surface area contributed by atoms with Crippen molar-refractivity contribution in [2.24, 2.45) is 0 Å². The summed E-state index contributed by atoms with van der Waals surface area (Å²) < 4.78 is 16.6. The molecule has 2 aromatic rings. The molecule has 2 saturated heterocycles. The monoisotopic (exact) mass is 480 g/mol. The molecule has 1 unspecified atom stereocenters. The number of likely N-dealkylation sites (tertiary alicyclic amines) is 1. The van der Waals surface area contributed by atoms with Crippen LogP contribution in [0, 0.1) is 0 Å². The molecule has 1 amide bonds. The highest BCUT2D eigenvalue weighted by molar-refractivity contribution is 6.46. The highest BCUT2D eigenvalue weighted by Crippen LogP contribution is 2.41. The second kappa shape index (κ2) is 11.4. The van der Waals surface area contributed by atoms with E-state index < -0.39 is 23.5 Å². The number of methoxy groups -OCH3 is 1. The second-order valence-electron chi connectivity index (χ2n) is 8.70. The number of carbonyl (C=O) groups excluding carboxylic acids is 2. The van der Waals surface area contributed by atoms with Gasteiger partial charge in [-0.2, -0.15) is 0 Å². The van der Waals surface area contributed by atoms with Gasteiger partial charge in [-0.15, -0.1) is 0 Å². The summed E-state index contributed by atoms with van der Waals surface area (Å²) in [6.07, 6.45) is 0.873. The van der Waals surface area contributed by atoms with E-state index in [-0.39, 0.29) is 5.57 Å². The lowest BCUT2D eigenvalue weighted by atomic mass is 9.94. The van der Waals surface area contributed by atoms with Gasteiger partial charge in [0, 0.05) is 11.1 Å². The first-order valence-corrected chi connectivity index (χ1v) is 12.1. The summed E-state index contributed by atoms with van der Waals surface area (Å²) in [5, 5.41) is 13.6. The third-order valence-electron chi connectivity index (χ3n) is 6.46. The predicted octanol–water partition coefficient (Wildman–Crippen LogP) is 0.623. The molecule has 2 aromatic carbocycles. The number of hydrogen-bond acceptors (Lipinski definition) is 6. The van der Waals surface area contributed by atoms with Gasteiger partial charge in [-0.1, -0.05) is 43.0 Å². The number of benzene rings is 2. The third kappa shape index (κ3) is 5.33. The van der Waals surface area contributed by atoms with E-state index >= 15 is 0 Å². The zero-order valence-electron chi connectivity index (χ0n) is 20.2. The van der Waals surface area contributed by atoms with Gasteiger partial charge >= 0.3 is 0 Å². The summed E-state index contributed by atoms with van der Waals surface area (Å²) in [5.74, 6) is -0.688. The summed E-state index contributed by atoms with van der Waals surface area (Å²) in [5.41, 5.74) is 0.918. The Morgan fingerprint density at radius 2 is 1.83 bits per heavy atom. The van der Waals surface area contributed by atoms with Gasteiger partial charge in [0.15, 0.2) is 0 Å². The summed E-state index contributed by atoms with van der Waals surface area (Å²) >= 11 is 0. The molecule has 8 nitrogen and oxygen atoms in total. The van der Waals surface area contributed by atoms with Crippen molar-refractivity contribution in [3.63, 3.8) is 0 Å². The molecule has 2 fully saturated rings. The van der Waals surface area contributed by atoms with E-state index in [1.165, 1.54) is 16.9 Å². The summed E-state index contributed by atoms with van der Waals surface area (Å²) in [4.78, 5) is 29.2. The normalized spacial score (nSPS) is 20.3. The maximum Gasteiger partial charge on any atom is 0.295 e. The van der Waals surface area contributed by atoms with Crippen molar-refractivity contribution in [3.8, 4) is 11.5 Å². The van der Waals surface area contributed by atoms with Crippen molar-refractivity contribution >= 4 is 17.4 Å². The lowest BCUT2D eigenvalue weighted by Crippen LogP contribution is -3.14. The van der Waals surface area contributed by atoms with Crippen molar-refractivity contribution < 1.29 is 33.8 Å². The van der Waals surface area contributed by atoms with Crippen molar-refractivity contribution in [3.05, 3.63) is 65.2 Å². The molecule has 0 aliphatic carbocycles. The third-order valence-corrected chi connectivity index (χ3v) is 6.46. The van der Waals surface area contributed by atoms with E-state index in [0.29, 0.717) is 55.5 Å². The molecular weight excluding hydrogens is 448 g/mol. The summed E-state index contributed by atoms with van der Waals surface area (Å²) in [6, 6.07) is 13.1. The summed E-state index contributed by atoms with van der Waals surface area (Å²) in [6.45, 7) is 6.64. The Hall–Kier alpha value is -3.36. The number of rotatable bonds is 9. The number of ether oxygens (including phenoxy) is 3. The maximum absolute atomic E-state index is 13.6. The molecule has 8 heteroatoms. The van der Waals surface area contributed by atoms with Gasteiger partial charge in [0.1, 0.15) is 24.6 Å². The highest BCUT2D eigenvalue weighted by Gasteiger charge is 2.45. The molecule has 35 heavy (non-hydrogen) atoms. The Labute approximate surface area is 205 Å². The molecule has 0 spiro atoms. The van der Waals surface area contributed by atoms with Crippen LogP contribution in [0.15, 0.2) is 54.1 Å². The van der Waals surface area contributed by atoms with Crippen LogP contribution >= 0.6 is 0 Å². The molecule has 1 atom stereocenters. The quantitative estimate of drug-likeness (QED) is 0.322. The second-order valence-corrected chi connectivity index (χ2v) is 8.70. The zero-order chi connectivity index (χ0) is 24.8. The molecule has 0 saturated carbocycles. The Morgan fingerprint density at radius 3 is 2.51 bits per heavy atom. The van der Waals surface area contributed by atoms with E-state index in [9.17, 15) is 14.7 Å². The van der Waals surface area contributed by atoms with Crippen molar-refractivity contribution in [1.82, 2.24) is 4.90 Å². The standard InChI is InChI=1S/C27H32N2O6/c1-3-16-35-20-10-8-19(9-11-20)25(30)23-24(21-6-4-5-7-22(21)33-2)29(27(32)26(23)31)13-12-28-14-17-34-18-15-28/h4-11,24,30H,3,12-18H2,1-2H3/b25-23+. The molecule has 2 aliphatic rings. The number of carbonyl (C=O) groups is 2. The molecule has 2 heterocycles. The van der Waals surface area contributed by atoms with Gasteiger partial charge in [-0.3, -0.25) is 9.59 Å². The van der Waals surface area contributed by atoms with Gasteiger partial charge in [-0.25, -0.2) is 0 Å². The Kier molecular flexibility index (Phi) is 8.05. The number of hydrogen-bond donors (Lipinski definition) is 1. The molecule has 2 aliphatic heterocycles. The van der Waals surface area contributed by atoms with Crippen molar-refractivity contribution in [2.45, 2.75) is 19.4 Å². The maximum atomic E-state index is 13.6. The first kappa shape index (κ1) is 24.8. The number of morpholine rings is 1. The molecule has 186 valence electrons. The van der Waals surface area contributed by atoms with Gasteiger partial charge in [-0.05, 0) is 30.2 Å². The number of nitrogens with zero attached hydrogens (tertiary/aromatic N) is 1. The molecular formula is C27H32N2O6. The number of amides is 1. The van der Waals surface area contributed by atoms with E-state index in [4.69, 9.17) is 14.2 Å². The van der Waals surface area contributed by atoms with Gasteiger partial charge in [0.25, 0.3) is 5.91 Å². The lowest BCUT2D eigenvalue weighted by molar-refractivity contribution is -0.907. The minimum Gasteiger partial charge on any atom is -0.872 e. The van der Waals surface area contributed by atoms with Crippen LogP contribution in [0.3, 0.4) is 0 Å². The molecule has 0 aromatic heterocycles. The van der Waals surface area contributed by atoms with Crippen molar-refractivity contribution in [1.29, 1.82) is 0 Å². The number of nitrogens with one attached hydrogen (secondary N) is 1. The number of quaternary nitrogens is 1. The Morgan fingerprint density at radius 1 is 1.11 bits per heavy atom. The average Bonchev–Trinajstić information content (AvgIpc) is 3.16. The SMILES string of the molecule is CCCOc1ccc(/C([O-])=C2\C(=O)C(=O)N(CC[NH+]3CCOCC3)C2c2ccccc2OC)cc1. The van der Waals surface area contributed by atoms with E-state index in [0.717, 1.165) is 19.5 Å². The molecule has 1 N–H and O–H groups in total. The summed E-state index contributed by atoms with van der Waals surface area (Å²) in [7, 11) is 1.54. The Bertz CT molecular complexity index is 1080. The zero-order valence-corrected chi connectivity index (χ0v) is 20.2. The molecule has 0 radical (unpaired) electrons. The fraction of sp³-hybridized carbons (Fsp3) is 0.407. The molecule has 4 rings (SSSR count). The first-order chi connectivity index (χ1) is 17.0. The largest absolute Gasteiger partial charge is 0.872 e. The van der Waals surface area contributed by atoms with Crippen LogP contribution in [0.2, 0.25) is 0 Å². The topological polar surface area (TPSA) is 92.6 Å².